The number of likely N-dealkylation sites (tertiary alicyclic amines) is 2. The van der Waals surface area contributed by atoms with E-state index in [0.29, 0.717) is 24.5 Å². The van der Waals surface area contributed by atoms with Crippen molar-refractivity contribution in [3.63, 3.8) is 0 Å². The molecule has 6 heteroatoms. The quantitative estimate of drug-likeness (QED) is 0.814. The summed E-state index contributed by atoms with van der Waals surface area (Å²) in [5.41, 5.74) is 0.213. The largest absolute Gasteiger partial charge is 0.465 e. The summed E-state index contributed by atoms with van der Waals surface area (Å²) in [6.07, 6.45) is 5.97. The van der Waals surface area contributed by atoms with E-state index in [1.165, 1.54) is 12.8 Å². The summed E-state index contributed by atoms with van der Waals surface area (Å²) >= 11 is 0. The third-order valence-electron chi connectivity index (χ3n) is 7.40. The fourth-order valence-corrected chi connectivity index (χ4v) is 5.90. The Morgan fingerprint density at radius 3 is 2.27 bits per heavy atom. The average molecular weight is 366 g/mol. The fraction of sp³-hybridized carbons (Fsp3) is 0.900. The molecular weight excluding hydrogens is 330 g/mol. The molecule has 0 bridgehead atoms. The Morgan fingerprint density at radius 2 is 1.85 bits per heavy atom. The van der Waals surface area contributed by atoms with Gasteiger partial charge in [0.2, 0.25) is 5.91 Å². The highest BCUT2D eigenvalue weighted by Crippen LogP contribution is 2.51. The fourth-order valence-electron chi connectivity index (χ4n) is 5.90. The maximum absolute atomic E-state index is 12.0. The van der Waals surface area contributed by atoms with E-state index < -0.39 is 6.09 Å². The third-order valence-corrected chi connectivity index (χ3v) is 7.40. The Morgan fingerprint density at radius 1 is 1.15 bits per heavy atom. The van der Waals surface area contributed by atoms with Crippen molar-refractivity contribution in [2.45, 2.75) is 71.4 Å². The molecule has 26 heavy (non-hydrogen) atoms. The first-order valence-corrected chi connectivity index (χ1v) is 10.4. The minimum Gasteiger partial charge on any atom is -0.465 e. The van der Waals surface area contributed by atoms with Gasteiger partial charge in [-0.3, -0.25) is 9.69 Å². The van der Waals surface area contributed by atoms with Gasteiger partial charge < -0.3 is 14.9 Å². The highest BCUT2D eigenvalue weighted by Gasteiger charge is 2.54. The SMILES string of the molecule is CCC(C1CCN(C2CCC23CCN(C(=O)O)C3)CC1)N(CC)C(C)=O. The molecule has 1 spiro atoms. The van der Waals surface area contributed by atoms with E-state index in [2.05, 4.69) is 18.7 Å². The van der Waals surface area contributed by atoms with E-state index in [1.807, 2.05) is 4.90 Å². The van der Waals surface area contributed by atoms with Crippen molar-refractivity contribution in [2.75, 3.05) is 32.7 Å². The van der Waals surface area contributed by atoms with Gasteiger partial charge in [0.15, 0.2) is 0 Å². The molecule has 0 radical (unpaired) electrons. The Balaban J connectivity index is 1.57. The molecule has 2 aliphatic heterocycles. The van der Waals surface area contributed by atoms with E-state index in [-0.39, 0.29) is 11.3 Å². The van der Waals surface area contributed by atoms with E-state index in [1.54, 1.807) is 11.8 Å². The number of nitrogens with zero attached hydrogens (tertiary/aromatic N) is 3. The first kappa shape index (κ1) is 19.5. The number of rotatable bonds is 5. The van der Waals surface area contributed by atoms with Crippen LogP contribution in [0.3, 0.4) is 0 Å². The lowest BCUT2D eigenvalue weighted by molar-refractivity contribution is -0.133. The maximum Gasteiger partial charge on any atom is 0.407 e. The minimum absolute atomic E-state index is 0.194. The van der Waals surface area contributed by atoms with Gasteiger partial charge in [-0.25, -0.2) is 4.79 Å². The molecule has 2 amide bonds. The summed E-state index contributed by atoms with van der Waals surface area (Å²) in [6, 6.07) is 0.923. The molecule has 3 fully saturated rings. The van der Waals surface area contributed by atoms with Gasteiger partial charge in [-0.1, -0.05) is 6.92 Å². The third kappa shape index (κ3) is 3.45. The molecule has 3 rings (SSSR count). The molecule has 3 atom stereocenters. The summed E-state index contributed by atoms with van der Waals surface area (Å²) < 4.78 is 0. The zero-order valence-electron chi connectivity index (χ0n) is 16.6. The molecule has 0 aromatic rings. The number of hydrogen-bond donors (Lipinski definition) is 1. The standard InChI is InChI=1S/C20H35N3O3/c1-4-17(23(5-2)15(3)24)16-7-11-21(12-8-16)18-6-9-20(18)10-13-22(14-20)19(25)26/h16-18H,4-14H2,1-3H3,(H,25,26). The summed E-state index contributed by atoms with van der Waals surface area (Å²) in [5.74, 6) is 0.787. The van der Waals surface area contributed by atoms with Gasteiger partial charge in [-0.05, 0) is 64.5 Å². The molecule has 1 aliphatic carbocycles. The van der Waals surface area contributed by atoms with Crippen LogP contribution in [0.2, 0.25) is 0 Å². The molecule has 1 saturated carbocycles. The number of amides is 2. The van der Waals surface area contributed by atoms with Gasteiger partial charge in [-0.2, -0.15) is 0 Å². The number of carboxylic acid groups (broad SMARTS) is 1. The van der Waals surface area contributed by atoms with Crippen molar-refractivity contribution in [1.29, 1.82) is 0 Å². The van der Waals surface area contributed by atoms with Crippen LogP contribution in [0.5, 0.6) is 0 Å². The van der Waals surface area contributed by atoms with Crippen LogP contribution in [-0.4, -0.2) is 76.6 Å². The van der Waals surface area contributed by atoms with Crippen LogP contribution >= 0.6 is 0 Å². The average Bonchev–Trinajstić information content (AvgIpc) is 3.07. The lowest BCUT2D eigenvalue weighted by Gasteiger charge is -2.54. The predicted molar refractivity (Wildman–Crippen MR) is 101 cm³/mol. The zero-order valence-corrected chi connectivity index (χ0v) is 16.6. The summed E-state index contributed by atoms with van der Waals surface area (Å²) in [4.78, 5) is 29.5. The monoisotopic (exact) mass is 365 g/mol. The number of carbonyl (C=O) groups excluding carboxylic acids is 1. The van der Waals surface area contributed by atoms with Crippen LogP contribution in [0.25, 0.3) is 0 Å². The van der Waals surface area contributed by atoms with E-state index in [0.717, 1.165) is 51.9 Å². The molecule has 3 unspecified atom stereocenters. The van der Waals surface area contributed by atoms with Crippen molar-refractivity contribution >= 4 is 12.0 Å². The first-order chi connectivity index (χ1) is 12.4. The predicted octanol–water partition coefficient (Wildman–Crippen LogP) is 2.88. The maximum atomic E-state index is 12.0. The molecule has 0 aromatic heterocycles. The Hall–Kier alpha value is -1.30. The van der Waals surface area contributed by atoms with Gasteiger partial charge in [0.25, 0.3) is 0 Å². The Kier molecular flexibility index (Phi) is 5.80. The molecule has 3 aliphatic rings. The van der Waals surface area contributed by atoms with Gasteiger partial charge in [0.05, 0.1) is 0 Å². The van der Waals surface area contributed by atoms with Gasteiger partial charge in [-0.15, -0.1) is 0 Å². The lowest BCUT2D eigenvalue weighted by atomic mass is 9.62. The molecule has 148 valence electrons. The summed E-state index contributed by atoms with van der Waals surface area (Å²) in [5, 5.41) is 9.28. The molecule has 6 nitrogen and oxygen atoms in total. The van der Waals surface area contributed by atoms with Crippen molar-refractivity contribution in [3.05, 3.63) is 0 Å². The Labute approximate surface area is 157 Å². The second-order valence-corrected chi connectivity index (χ2v) is 8.53. The normalized spacial score (nSPS) is 31.0. The first-order valence-electron chi connectivity index (χ1n) is 10.4. The summed E-state index contributed by atoms with van der Waals surface area (Å²) in [6.45, 7) is 10.4. The minimum atomic E-state index is -0.763. The van der Waals surface area contributed by atoms with Gasteiger partial charge in [0.1, 0.15) is 0 Å². The van der Waals surface area contributed by atoms with Crippen LogP contribution < -0.4 is 0 Å². The number of carbonyl (C=O) groups is 2. The van der Waals surface area contributed by atoms with Crippen molar-refractivity contribution in [2.24, 2.45) is 11.3 Å². The zero-order chi connectivity index (χ0) is 18.9. The highest BCUT2D eigenvalue weighted by atomic mass is 16.4. The van der Waals surface area contributed by atoms with Crippen molar-refractivity contribution in [1.82, 2.24) is 14.7 Å². The Bertz CT molecular complexity index is 532. The van der Waals surface area contributed by atoms with E-state index in [4.69, 9.17) is 0 Å². The second-order valence-electron chi connectivity index (χ2n) is 8.53. The smallest absolute Gasteiger partial charge is 0.407 e. The molecule has 0 aromatic carbocycles. The van der Waals surface area contributed by atoms with Crippen LogP contribution in [0.4, 0.5) is 4.79 Å². The van der Waals surface area contributed by atoms with Crippen LogP contribution in [-0.2, 0) is 4.79 Å². The topological polar surface area (TPSA) is 64.1 Å². The van der Waals surface area contributed by atoms with Crippen molar-refractivity contribution in [3.8, 4) is 0 Å². The van der Waals surface area contributed by atoms with Crippen molar-refractivity contribution < 1.29 is 14.7 Å². The second kappa shape index (κ2) is 7.75. The molecule has 1 N–H and O–H groups in total. The lowest BCUT2D eigenvalue weighted by Crippen LogP contribution is -2.59. The highest BCUT2D eigenvalue weighted by molar-refractivity contribution is 5.73. The van der Waals surface area contributed by atoms with Crippen LogP contribution in [0, 0.1) is 11.3 Å². The molecule has 2 saturated heterocycles. The van der Waals surface area contributed by atoms with Gasteiger partial charge in [0, 0.05) is 44.1 Å². The van der Waals surface area contributed by atoms with E-state index >= 15 is 0 Å². The number of piperidine rings is 1. The van der Waals surface area contributed by atoms with Gasteiger partial charge >= 0.3 is 6.09 Å². The number of hydrogen-bond acceptors (Lipinski definition) is 3. The molecular formula is C20H35N3O3. The summed E-state index contributed by atoms with van der Waals surface area (Å²) in [7, 11) is 0. The van der Waals surface area contributed by atoms with Crippen LogP contribution in [0.1, 0.15) is 59.3 Å². The molecule has 2 heterocycles. The van der Waals surface area contributed by atoms with Crippen LogP contribution in [0.15, 0.2) is 0 Å². The van der Waals surface area contributed by atoms with E-state index in [9.17, 15) is 14.7 Å².